The molecule has 12 heteroatoms. The van der Waals surface area contributed by atoms with Crippen LogP contribution in [0.3, 0.4) is 0 Å². The van der Waals surface area contributed by atoms with Gasteiger partial charge < -0.3 is 19.9 Å². The van der Waals surface area contributed by atoms with Crippen molar-refractivity contribution in [1.29, 1.82) is 0 Å². The van der Waals surface area contributed by atoms with E-state index >= 15 is 0 Å². The molecule has 2 N–H and O–H groups in total. The summed E-state index contributed by atoms with van der Waals surface area (Å²) in [5, 5.41) is 4.62. The Morgan fingerprint density at radius 2 is 1.76 bits per heavy atom. The number of halogens is 4. The Bertz CT molecular complexity index is 1340. The van der Waals surface area contributed by atoms with Gasteiger partial charge in [-0.05, 0) is 44.5 Å². The minimum absolute atomic E-state index is 0.0782. The fourth-order valence-corrected chi connectivity index (χ4v) is 3.56. The zero-order valence-corrected chi connectivity index (χ0v) is 21.6. The van der Waals surface area contributed by atoms with E-state index in [1.807, 2.05) is 0 Å². The van der Waals surface area contributed by atoms with Crippen LogP contribution in [0.25, 0.3) is 0 Å². The number of esters is 1. The number of amides is 2. The molecule has 1 unspecified atom stereocenters. The first-order chi connectivity index (χ1) is 17.4. The summed E-state index contributed by atoms with van der Waals surface area (Å²) in [4.78, 5) is 50.6. The third kappa shape index (κ3) is 6.40. The lowest BCUT2D eigenvalue weighted by atomic mass is 10.0. The molecule has 2 rings (SSSR count). The summed E-state index contributed by atoms with van der Waals surface area (Å²) in [5.74, 6) is -3.26. The molecule has 0 aliphatic rings. The minimum Gasteiger partial charge on any atom is -0.462 e. The fourth-order valence-electron chi connectivity index (χ4n) is 3.56. The van der Waals surface area contributed by atoms with Crippen molar-refractivity contribution >= 4 is 29.3 Å². The monoisotopic (exact) mass is 537 g/mol. The molecule has 0 spiro atoms. The predicted octanol–water partition coefficient (Wildman–Crippen LogP) is 3.94. The number of hydrogen-bond acceptors (Lipinski definition) is 5. The lowest BCUT2D eigenvalue weighted by Crippen LogP contribution is -2.51. The molecule has 2 aromatic rings. The molecule has 0 saturated carbocycles. The van der Waals surface area contributed by atoms with Crippen molar-refractivity contribution in [2.45, 2.75) is 46.3 Å². The van der Waals surface area contributed by atoms with Crippen LogP contribution in [-0.2, 0) is 27.5 Å². The molecule has 204 valence electrons. The van der Waals surface area contributed by atoms with Crippen molar-refractivity contribution in [2.24, 2.45) is 13.0 Å². The molecule has 1 heterocycles. The third-order valence-corrected chi connectivity index (χ3v) is 5.79. The van der Waals surface area contributed by atoms with Crippen LogP contribution in [0.4, 0.5) is 23.2 Å². The lowest BCUT2D eigenvalue weighted by Gasteiger charge is -2.24. The molecule has 0 saturated heterocycles. The van der Waals surface area contributed by atoms with Crippen molar-refractivity contribution in [2.75, 3.05) is 11.9 Å². The van der Waals surface area contributed by atoms with Crippen molar-refractivity contribution in [1.82, 2.24) is 9.88 Å². The first-order valence-corrected chi connectivity index (χ1v) is 11.3. The Kier molecular flexibility index (Phi) is 8.77. The number of Topliss-reactive ketones (excluding diaryl/α,β-unsaturated/α-hetero) is 1. The number of benzene rings is 1. The van der Waals surface area contributed by atoms with Crippen molar-refractivity contribution < 1.29 is 41.5 Å². The quantitative estimate of drug-likeness (QED) is 0.175. The van der Waals surface area contributed by atoms with E-state index in [1.54, 1.807) is 13.8 Å². The van der Waals surface area contributed by atoms with Gasteiger partial charge in [0.05, 0.1) is 17.0 Å². The molecule has 0 aliphatic heterocycles. The zero-order valence-electron chi connectivity index (χ0n) is 21.6. The Balaban J connectivity index is 2.32. The zero-order chi connectivity index (χ0) is 29.2. The van der Waals surface area contributed by atoms with Gasteiger partial charge in [-0.25, -0.2) is 4.39 Å². The predicted molar refractivity (Wildman–Crippen MR) is 130 cm³/mol. The first-order valence-electron chi connectivity index (χ1n) is 11.3. The average Bonchev–Trinajstić information content (AvgIpc) is 3.05. The van der Waals surface area contributed by atoms with Crippen LogP contribution in [0.5, 0.6) is 0 Å². The van der Waals surface area contributed by atoms with Gasteiger partial charge in [-0.2, -0.15) is 13.2 Å². The Morgan fingerprint density at radius 3 is 2.29 bits per heavy atom. The molecule has 1 aromatic carbocycles. The van der Waals surface area contributed by atoms with Gasteiger partial charge >= 0.3 is 12.1 Å². The molecule has 0 radical (unpaired) electrons. The molecule has 38 heavy (non-hydrogen) atoms. The molecule has 0 aliphatic carbocycles. The minimum atomic E-state index is -4.98. The van der Waals surface area contributed by atoms with Gasteiger partial charge in [0.1, 0.15) is 23.7 Å². The number of nitrogens with one attached hydrogen (secondary N) is 2. The van der Waals surface area contributed by atoms with E-state index in [0.29, 0.717) is 12.1 Å². The molecule has 1 atom stereocenters. The highest BCUT2D eigenvalue weighted by molar-refractivity contribution is 6.44. The number of nitrogens with zero attached hydrogens (tertiary/aromatic N) is 1. The van der Waals surface area contributed by atoms with Crippen LogP contribution in [0, 0.1) is 37.9 Å². The topological polar surface area (TPSA) is 106 Å². The standard InChI is InChI=1S/C26H27F4N3O5/c1-8-25(6,12-38-24(37)13(2)3)32-23(36)21(34)19-14(4)20(33(7)15(19)5)22(35)31-16-9-10-18(27)17(11-16)26(28,29)30/h1,9-11,13H,12H2,2-7H3,(H,31,35)(H,32,36). The van der Waals surface area contributed by atoms with Crippen LogP contribution in [0.15, 0.2) is 18.2 Å². The number of ketones is 1. The third-order valence-electron chi connectivity index (χ3n) is 5.79. The summed E-state index contributed by atoms with van der Waals surface area (Å²) in [6.07, 6.45) is 0.509. The molecular formula is C26H27F4N3O5. The van der Waals surface area contributed by atoms with Gasteiger partial charge in [0.15, 0.2) is 0 Å². The number of carbonyl (C=O) groups excluding carboxylic acids is 4. The Hall–Kier alpha value is -4.14. The Morgan fingerprint density at radius 1 is 1.16 bits per heavy atom. The second kappa shape index (κ2) is 11.1. The van der Waals surface area contributed by atoms with Crippen LogP contribution >= 0.6 is 0 Å². The SMILES string of the molecule is C#CC(C)(COC(=O)C(C)C)NC(=O)C(=O)c1c(C)c(C(=O)Nc2ccc(F)c(C(F)(F)F)c2)n(C)c1C. The number of carbonyl (C=O) groups is 4. The number of rotatable bonds is 8. The lowest BCUT2D eigenvalue weighted by molar-refractivity contribution is -0.149. The van der Waals surface area contributed by atoms with Crippen molar-refractivity contribution in [3.8, 4) is 12.3 Å². The summed E-state index contributed by atoms with van der Waals surface area (Å²) in [5.41, 5.74) is -3.32. The number of alkyl halides is 3. The van der Waals surface area contributed by atoms with Gasteiger partial charge in [0, 0.05) is 18.4 Å². The molecule has 0 fully saturated rings. The first kappa shape index (κ1) is 30.1. The molecule has 2 amide bonds. The summed E-state index contributed by atoms with van der Waals surface area (Å²) in [7, 11) is 1.43. The van der Waals surface area contributed by atoms with E-state index in [-0.39, 0.29) is 28.2 Å². The maximum absolute atomic E-state index is 13.6. The van der Waals surface area contributed by atoms with Crippen molar-refractivity contribution in [3.63, 3.8) is 0 Å². The summed E-state index contributed by atoms with van der Waals surface area (Å²) in [6, 6.07) is 1.98. The number of terminal acetylenes is 1. The summed E-state index contributed by atoms with van der Waals surface area (Å²) >= 11 is 0. The van der Waals surface area contributed by atoms with Crippen LogP contribution in [0.2, 0.25) is 0 Å². The number of aromatic nitrogens is 1. The number of ether oxygens (including phenoxy) is 1. The van der Waals surface area contributed by atoms with Gasteiger partial charge in [0.2, 0.25) is 0 Å². The van der Waals surface area contributed by atoms with E-state index in [0.717, 1.165) is 6.07 Å². The summed E-state index contributed by atoms with van der Waals surface area (Å²) in [6.45, 7) is 7.06. The Labute approximate surface area is 216 Å². The van der Waals surface area contributed by atoms with Gasteiger partial charge in [-0.3, -0.25) is 19.2 Å². The van der Waals surface area contributed by atoms with Crippen LogP contribution in [-0.4, -0.2) is 40.3 Å². The van der Waals surface area contributed by atoms with Gasteiger partial charge in [-0.1, -0.05) is 19.8 Å². The second-order valence-corrected chi connectivity index (χ2v) is 9.16. The molecule has 1 aromatic heterocycles. The average molecular weight is 538 g/mol. The highest BCUT2D eigenvalue weighted by Gasteiger charge is 2.35. The maximum Gasteiger partial charge on any atom is 0.419 e. The van der Waals surface area contributed by atoms with E-state index in [9.17, 15) is 36.7 Å². The maximum atomic E-state index is 13.6. The fraction of sp³-hybridized carbons (Fsp3) is 0.385. The van der Waals surface area contributed by atoms with Gasteiger partial charge in [0.25, 0.3) is 17.6 Å². The van der Waals surface area contributed by atoms with E-state index in [2.05, 4.69) is 16.6 Å². The molecular weight excluding hydrogens is 510 g/mol. The van der Waals surface area contributed by atoms with Crippen molar-refractivity contribution in [3.05, 3.63) is 52.1 Å². The number of anilines is 1. The smallest absolute Gasteiger partial charge is 0.419 e. The summed E-state index contributed by atoms with van der Waals surface area (Å²) < 4.78 is 59.1. The highest BCUT2D eigenvalue weighted by atomic mass is 19.4. The highest BCUT2D eigenvalue weighted by Crippen LogP contribution is 2.33. The second-order valence-electron chi connectivity index (χ2n) is 9.16. The normalized spacial score (nSPS) is 12.9. The molecule has 0 bridgehead atoms. The van der Waals surface area contributed by atoms with E-state index in [4.69, 9.17) is 11.2 Å². The largest absolute Gasteiger partial charge is 0.462 e. The molecule has 8 nitrogen and oxygen atoms in total. The van der Waals surface area contributed by atoms with Gasteiger partial charge in [-0.15, -0.1) is 6.42 Å². The van der Waals surface area contributed by atoms with E-state index in [1.165, 1.54) is 32.4 Å². The number of hydrogen-bond donors (Lipinski definition) is 2. The van der Waals surface area contributed by atoms with E-state index < -0.39 is 59.2 Å². The van der Waals surface area contributed by atoms with Crippen LogP contribution < -0.4 is 10.6 Å². The van der Waals surface area contributed by atoms with Crippen LogP contribution in [0.1, 0.15) is 58.4 Å².